The monoisotopic (exact) mass is 422 g/mol. The Morgan fingerprint density at radius 1 is 1.06 bits per heavy atom. The van der Waals surface area contributed by atoms with Gasteiger partial charge in [0.1, 0.15) is 5.75 Å². The van der Waals surface area contributed by atoms with Crippen molar-refractivity contribution in [2.75, 3.05) is 26.4 Å². The van der Waals surface area contributed by atoms with Crippen LogP contribution in [0.4, 0.5) is 0 Å². The van der Waals surface area contributed by atoms with E-state index in [2.05, 4.69) is 0 Å². The molecule has 0 aromatic heterocycles. The molecule has 1 unspecified atom stereocenters. The summed E-state index contributed by atoms with van der Waals surface area (Å²) in [5.41, 5.74) is 7.01. The van der Waals surface area contributed by atoms with Crippen LogP contribution in [0.25, 0.3) is 6.08 Å². The Morgan fingerprint density at radius 3 is 2.61 bits per heavy atom. The molecule has 4 rings (SSSR count). The maximum atomic E-state index is 12.9. The molecule has 2 aromatic rings. The smallest absolute Gasteiger partial charge is 0.255 e. The Balaban J connectivity index is 1.42. The number of amides is 2. The molecule has 2 N–H and O–H groups in total. The molecule has 0 aliphatic carbocycles. The average molecular weight is 422 g/mol. The second-order valence-corrected chi connectivity index (χ2v) is 7.60. The van der Waals surface area contributed by atoms with Gasteiger partial charge in [-0.15, -0.1) is 0 Å². The number of hydrogen-bond donors (Lipinski definition) is 1. The normalized spacial score (nSPS) is 18.1. The molecule has 2 aromatic carbocycles. The summed E-state index contributed by atoms with van der Waals surface area (Å²) in [7, 11) is 0. The molecule has 0 spiro atoms. The molecular formula is C24H26N2O5. The molecule has 0 saturated carbocycles. The van der Waals surface area contributed by atoms with Crippen LogP contribution in [-0.4, -0.2) is 43.1 Å². The zero-order valence-corrected chi connectivity index (χ0v) is 17.3. The van der Waals surface area contributed by atoms with Gasteiger partial charge in [-0.25, -0.2) is 0 Å². The third-order valence-corrected chi connectivity index (χ3v) is 5.37. The highest BCUT2D eigenvalue weighted by Crippen LogP contribution is 2.38. The van der Waals surface area contributed by atoms with Gasteiger partial charge < -0.3 is 24.8 Å². The fourth-order valence-corrected chi connectivity index (χ4v) is 3.86. The molecule has 1 saturated heterocycles. The van der Waals surface area contributed by atoms with E-state index in [0.29, 0.717) is 19.0 Å². The van der Waals surface area contributed by atoms with Crippen molar-refractivity contribution in [2.24, 2.45) is 5.73 Å². The van der Waals surface area contributed by atoms with Crippen molar-refractivity contribution >= 4 is 17.9 Å². The number of benzene rings is 2. The minimum atomic E-state index is -0.525. The third kappa shape index (κ3) is 5.17. The fraction of sp³-hybridized carbons (Fsp3) is 0.333. The van der Waals surface area contributed by atoms with Crippen molar-refractivity contribution in [3.05, 3.63) is 59.7 Å². The summed E-state index contributed by atoms with van der Waals surface area (Å²) in [6.07, 6.45) is 6.13. The van der Waals surface area contributed by atoms with Crippen molar-refractivity contribution in [2.45, 2.75) is 25.3 Å². The van der Waals surface area contributed by atoms with Crippen LogP contribution >= 0.6 is 0 Å². The van der Waals surface area contributed by atoms with Crippen LogP contribution in [0.1, 0.15) is 36.4 Å². The first kappa shape index (κ1) is 20.8. The number of ether oxygens (including phenoxy) is 3. The first-order chi connectivity index (χ1) is 15.1. The van der Waals surface area contributed by atoms with Crippen molar-refractivity contribution in [3.63, 3.8) is 0 Å². The van der Waals surface area contributed by atoms with E-state index in [0.717, 1.165) is 48.4 Å². The van der Waals surface area contributed by atoms with E-state index in [4.69, 9.17) is 19.9 Å². The summed E-state index contributed by atoms with van der Waals surface area (Å²) in [6, 6.07) is 13.1. The molecule has 2 heterocycles. The lowest BCUT2D eigenvalue weighted by Gasteiger charge is -2.24. The number of primary amides is 1. The Morgan fingerprint density at radius 2 is 1.84 bits per heavy atom. The third-order valence-electron chi connectivity index (χ3n) is 5.37. The molecule has 7 nitrogen and oxygen atoms in total. The second kappa shape index (κ2) is 9.55. The highest BCUT2D eigenvalue weighted by atomic mass is 16.5. The van der Waals surface area contributed by atoms with E-state index in [-0.39, 0.29) is 18.6 Å². The molecule has 2 aliphatic rings. The zero-order valence-electron chi connectivity index (χ0n) is 17.3. The van der Waals surface area contributed by atoms with E-state index >= 15 is 0 Å². The molecule has 0 bridgehead atoms. The maximum Gasteiger partial charge on any atom is 0.255 e. The standard InChI is InChI=1S/C24H26N2O5/c25-23(27)16-31-19-8-4-17(5-9-19)6-11-24(28)26-12-1-3-20(26)18-7-10-21-22(15-18)30-14-2-13-29-21/h4-11,15,20H,1-3,12-14,16H2,(H2,25,27). The van der Waals surface area contributed by atoms with Gasteiger partial charge in [-0.1, -0.05) is 18.2 Å². The van der Waals surface area contributed by atoms with Crippen LogP contribution in [-0.2, 0) is 9.59 Å². The molecule has 1 fully saturated rings. The molecule has 162 valence electrons. The van der Waals surface area contributed by atoms with Gasteiger partial charge in [0.2, 0.25) is 5.91 Å². The maximum absolute atomic E-state index is 12.9. The highest BCUT2D eigenvalue weighted by Gasteiger charge is 2.29. The van der Waals surface area contributed by atoms with Gasteiger partial charge in [0.25, 0.3) is 5.91 Å². The molecule has 0 radical (unpaired) electrons. The lowest BCUT2D eigenvalue weighted by Crippen LogP contribution is -2.28. The average Bonchev–Trinajstić information content (AvgIpc) is 3.15. The number of rotatable bonds is 6. The van der Waals surface area contributed by atoms with E-state index < -0.39 is 5.91 Å². The Labute approximate surface area is 181 Å². The quantitative estimate of drug-likeness (QED) is 0.723. The Hall–Kier alpha value is -3.48. The summed E-state index contributed by atoms with van der Waals surface area (Å²) in [6.45, 7) is 1.86. The zero-order chi connectivity index (χ0) is 21.6. The van der Waals surface area contributed by atoms with E-state index in [1.807, 2.05) is 35.2 Å². The Kier molecular flexibility index (Phi) is 6.40. The lowest BCUT2D eigenvalue weighted by atomic mass is 10.0. The van der Waals surface area contributed by atoms with E-state index in [9.17, 15) is 9.59 Å². The van der Waals surface area contributed by atoms with Crippen molar-refractivity contribution in [3.8, 4) is 17.2 Å². The summed E-state index contributed by atoms with van der Waals surface area (Å²) < 4.78 is 16.8. The SMILES string of the molecule is NC(=O)COc1ccc(C=CC(=O)N2CCCC2c2ccc3c(c2)OCCCO3)cc1. The van der Waals surface area contributed by atoms with Gasteiger partial charge in [0, 0.05) is 19.0 Å². The Bertz CT molecular complexity index is 970. The van der Waals surface area contributed by atoms with Crippen molar-refractivity contribution in [1.82, 2.24) is 4.90 Å². The summed E-state index contributed by atoms with van der Waals surface area (Å²) >= 11 is 0. The minimum Gasteiger partial charge on any atom is -0.490 e. The van der Waals surface area contributed by atoms with Gasteiger partial charge in [-0.3, -0.25) is 9.59 Å². The first-order valence-electron chi connectivity index (χ1n) is 10.5. The number of likely N-dealkylation sites (tertiary alicyclic amines) is 1. The molecular weight excluding hydrogens is 396 g/mol. The first-order valence-corrected chi connectivity index (χ1v) is 10.5. The molecule has 2 amide bonds. The predicted molar refractivity (Wildman–Crippen MR) is 116 cm³/mol. The molecule has 1 atom stereocenters. The molecule has 2 aliphatic heterocycles. The highest BCUT2D eigenvalue weighted by molar-refractivity contribution is 5.92. The molecule has 7 heteroatoms. The van der Waals surface area contributed by atoms with E-state index in [1.54, 1.807) is 24.3 Å². The van der Waals surface area contributed by atoms with Crippen LogP contribution in [0.2, 0.25) is 0 Å². The second-order valence-electron chi connectivity index (χ2n) is 7.60. The number of carbonyl (C=O) groups excluding carboxylic acids is 2. The fourth-order valence-electron chi connectivity index (χ4n) is 3.86. The lowest BCUT2D eigenvalue weighted by molar-refractivity contribution is -0.126. The minimum absolute atomic E-state index is 0.0244. The van der Waals surface area contributed by atoms with Gasteiger partial charge in [0.05, 0.1) is 19.3 Å². The van der Waals surface area contributed by atoms with Crippen LogP contribution in [0, 0.1) is 0 Å². The number of nitrogens with zero attached hydrogens (tertiary/aromatic N) is 1. The van der Waals surface area contributed by atoms with Crippen molar-refractivity contribution in [1.29, 1.82) is 0 Å². The van der Waals surface area contributed by atoms with Gasteiger partial charge >= 0.3 is 0 Å². The topological polar surface area (TPSA) is 91.1 Å². The number of nitrogens with two attached hydrogens (primary N) is 1. The van der Waals surface area contributed by atoms with Crippen molar-refractivity contribution < 1.29 is 23.8 Å². The number of hydrogen-bond acceptors (Lipinski definition) is 5. The van der Waals surface area contributed by atoms with Gasteiger partial charge in [-0.2, -0.15) is 0 Å². The van der Waals surface area contributed by atoms with Crippen LogP contribution < -0.4 is 19.9 Å². The summed E-state index contributed by atoms with van der Waals surface area (Å²) in [5.74, 6) is 1.52. The molecule has 31 heavy (non-hydrogen) atoms. The van der Waals surface area contributed by atoms with Crippen LogP contribution in [0.15, 0.2) is 48.5 Å². The van der Waals surface area contributed by atoms with Crippen LogP contribution in [0.5, 0.6) is 17.2 Å². The van der Waals surface area contributed by atoms with Crippen LogP contribution in [0.3, 0.4) is 0 Å². The van der Waals surface area contributed by atoms with Gasteiger partial charge in [-0.05, 0) is 54.3 Å². The number of fused-ring (bicyclic) bond motifs is 1. The van der Waals surface area contributed by atoms with E-state index in [1.165, 1.54) is 0 Å². The summed E-state index contributed by atoms with van der Waals surface area (Å²) in [5, 5.41) is 0. The number of carbonyl (C=O) groups is 2. The largest absolute Gasteiger partial charge is 0.490 e. The predicted octanol–water partition coefficient (Wildman–Crippen LogP) is 3.09. The van der Waals surface area contributed by atoms with Gasteiger partial charge in [0.15, 0.2) is 18.1 Å². The summed E-state index contributed by atoms with van der Waals surface area (Å²) in [4.78, 5) is 25.6.